The van der Waals surface area contributed by atoms with Crippen LogP contribution in [0, 0.1) is 5.92 Å². The monoisotopic (exact) mass is 294 g/mol. The molecule has 0 amide bonds. The molecule has 0 saturated heterocycles. The van der Waals surface area contributed by atoms with E-state index < -0.39 is 0 Å². The van der Waals surface area contributed by atoms with Gasteiger partial charge in [0.15, 0.2) is 0 Å². The minimum absolute atomic E-state index is 0.561. The number of thiophene rings is 1. The number of nitrogens with one attached hydrogen (secondary N) is 1. The molecule has 2 atom stereocenters. The van der Waals surface area contributed by atoms with Gasteiger partial charge in [-0.15, -0.1) is 11.3 Å². The van der Waals surface area contributed by atoms with Gasteiger partial charge in [-0.05, 0) is 37.9 Å². The van der Waals surface area contributed by atoms with E-state index in [1.54, 1.807) is 0 Å². The van der Waals surface area contributed by atoms with E-state index >= 15 is 0 Å². The van der Waals surface area contributed by atoms with Gasteiger partial charge in [-0.3, -0.25) is 4.90 Å². The smallest absolute Gasteiger partial charge is 0.0328 e. The van der Waals surface area contributed by atoms with Crippen LogP contribution in [0.15, 0.2) is 12.1 Å². The zero-order chi connectivity index (χ0) is 14.5. The van der Waals surface area contributed by atoms with Crippen molar-refractivity contribution in [3.63, 3.8) is 0 Å². The van der Waals surface area contributed by atoms with Crippen LogP contribution >= 0.6 is 11.3 Å². The van der Waals surface area contributed by atoms with Crippen molar-refractivity contribution in [1.82, 2.24) is 10.2 Å². The van der Waals surface area contributed by atoms with Gasteiger partial charge in [0, 0.05) is 34.9 Å². The standard InChI is InChI=1S/C17H30N2S/c1-13(2)18-11-15-9-10-16(20-15)12-19(4)17-8-6-5-7-14(17)3/h9-10,13-14,17-18H,5-8,11-12H2,1-4H3. The minimum Gasteiger partial charge on any atom is -0.310 e. The van der Waals surface area contributed by atoms with Crippen molar-refractivity contribution in [2.45, 2.75) is 71.6 Å². The summed E-state index contributed by atoms with van der Waals surface area (Å²) >= 11 is 1.96. The number of hydrogen-bond acceptors (Lipinski definition) is 3. The average molecular weight is 295 g/mol. The normalized spacial score (nSPS) is 23.7. The van der Waals surface area contributed by atoms with Crippen molar-refractivity contribution in [3.8, 4) is 0 Å². The van der Waals surface area contributed by atoms with Crippen LogP contribution in [0.4, 0.5) is 0 Å². The van der Waals surface area contributed by atoms with Gasteiger partial charge in [0.2, 0.25) is 0 Å². The lowest BCUT2D eigenvalue weighted by atomic mass is 9.85. The molecule has 0 aliphatic heterocycles. The highest BCUT2D eigenvalue weighted by atomic mass is 32.1. The summed E-state index contributed by atoms with van der Waals surface area (Å²) in [4.78, 5) is 5.54. The SMILES string of the molecule is CC(C)NCc1ccc(CN(C)C2CCCCC2C)s1. The molecular weight excluding hydrogens is 264 g/mol. The highest BCUT2D eigenvalue weighted by Gasteiger charge is 2.24. The van der Waals surface area contributed by atoms with Crippen molar-refractivity contribution in [2.24, 2.45) is 5.92 Å². The summed E-state index contributed by atoms with van der Waals surface area (Å²) in [5.41, 5.74) is 0. The lowest BCUT2D eigenvalue weighted by Crippen LogP contribution is -2.38. The molecule has 1 aromatic heterocycles. The summed E-state index contributed by atoms with van der Waals surface area (Å²) in [6.07, 6.45) is 5.62. The molecule has 2 nitrogen and oxygen atoms in total. The van der Waals surface area contributed by atoms with E-state index in [-0.39, 0.29) is 0 Å². The maximum Gasteiger partial charge on any atom is 0.0328 e. The second-order valence-electron chi connectivity index (χ2n) is 6.65. The highest BCUT2D eigenvalue weighted by Crippen LogP contribution is 2.29. The largest absolute Gasteiger partial charge is 0.310 e. The molecule has 1 heterocycles. The molecule has 0 aromatic carbocycles. The quantitative estimate of drug-likeness (QED) is 0.843. The zero-order valence-corrected chi connectivity index (χ0v) is 14.3. The number of rotatable bonds is 6. The Kier molecular flexibility index (Phi) is 6.06. The van der Waals surface area contributed by atoms with Crippen LogP contribution in [0.5, 0.6) is 0 Å². The Balaban J connectivity index is 1.86. The minimum atomic E-state index is 0.561. The van der Waals surface area contributed by atoms with Gasteiger partial charge >= 0.3 is 0 Å². The third kappa shape index (κ3) is 4.57. The summed E-state index contributed by atoms with van der Waals surface area (Å²) in [7, 11) is 2.30. The van der Waals surface area contributed by atoms with Crippen molar-refractivity contribution in [2.75, 3.05) is 7.05 Å². The summed E-state index contributed by atoms with van der Waals surface area (Å²) in [5.74, 6) is 0.857. The van der Waals surface area contributed by atoms with E-state index in [0.29, 0.717) is 6.04 Å². The third-order valence-corrected chi connectivity index (χ3v) is 5.51. The Labute approximate surface area is 128 Å². The molecule has 1 saturated carbocycles. The van der Waals surface area contributed by atoms with Crippen molar-refractivity contribution >= 4 is 11.3 Å². The summed E-state index contributed by atoms with van der Waals surface area (Å²) in [6.45, 7) is 8.94. The highest BCUT2D eigenvalue weighted by molar-refractivity contribution is 7.11. The van der Waals surface area contributed by atoms with Crippen molar-refractivity contribution in [1.29, 1.82) is 0 Å². The van der Waals surface area contributed by atoms with Gasteiger partial charge in [0.05, 0.1) is 0 Å². The summed E-state index contributed by atoms with van der Waals surface area (Å²) in [5, 5.41) is 3.50. The predicted octanol–water partition coefficient (Wildman–Crippen LogP) is 4.26. The Morgan fingerprint density at radius 3 is 2.65 bits per heavy atom. The van der Waals surface area contributed by atoms with Crippen LogP contribution in [0.3, 0.4) is 0 Å². The lowest BCUT2D eigenvalue weighted by molar-refractivity contribution is 0.134. The number of hydrogen-bond donors (Lipinski definition) is 1. The van der Waals surface area contributed by atoms with Crippen LogP contribution in [-0.4, -0.2) is 24.0 Å². The predicted molar refractivity (Wildman–Crippen MR) is 89.2 cm³/mol. The topological polar surface area (TPSA) is 15.3 Å². The first-order valence-electron chi connectivity index (χ1n) is 8.07. The Hall–Kier alpha value is -0.380. The third-order valence-electron chi connectivity index (χ3n) is 4.44. The maximum absolute atomic E-state index is 3.50. The van der Waals surface area contributed by atoms with Crippen LogP contribution in [0.1, 0.15) is 56.2 Å². The molecule has 0 radical (unpaired) electrons. The van der Waals surface area contributed by atoms with E-state index in [4.69, 9.17) is 0 Å². The molecule has 1 fully saturated rings. The first-order chi connectivity index (χ1) is 9.56. The molecule has 2 rings (SSSR count). The molecule has 114 valence electrons. The van der Waals surface area contributed by atoms with Crippen molar-refractivity contribution < 1.29 is 0 Å². The molecule has 1 N–H and O–H groups in total. The fourth-order valence-electron chi connectivity index (χ4n) is 3.22. The fourth-order valence-corrected chi connectivity index (χ4v) is 4.25. The van der Waals surface area contributed by atoms with Gasteiger partial charge in [0.1, 0.15) is 0 Å². The molecule has 1 aromatic rings. The van der Waals surface area contributed by atoms with E-state index in [1.807, 2.05) is 11.3 Å². The van der Waals surface area contributed by atoms with E-state index in [1.165, 1.54) is 35.4 Å². The molecule has 0 bridgehead atoms. The molecule has 1 aliphatic rings. The number of nitrogens with zero attached hydrogens (tertiary/aromatic N) is 1. The van der Waals surface area contributed by atoms with Crippen LogP contribution in [0.2, 0.25) is 0 Å². The summed E-state index contributed by atoms with van der Waals surface area (Å²) in [6, 6.07) is 5.94. The van der Waals surface area contributed by atoms with Gasteiger partial charge < -0.3 is 5.32 Å². The van der Waals surface area contributed by atoms with E-state index in [0.717, 1.165) is 25.0 Å². The molecule has 0 spiro atoms. The molecule has 1 aliphatic carbocycles. The van der Waals surface area contributed by atoms with Crippen LogP contribution in [-0.2, 0) is 13.1 Å². The molecular formula is C17H30N2S. The zero-order valence-electron chi connectivity index (χ0n) is 13.5. The van der Waals surface area contributed by atoms with Crippen molar-refractivity contribution in [3.05, 3.63) is 21.9 Å². The van der Waals surface area contributed by atoms with E-state index in [2.05, 4.69) is 50.2 Å². The van der Waals surface area contributed by atoms with Crippen LogP contribution in [0.25, 0.3) is 0 Å². The van der Waals surface area contributed by atoms with Gasteiger partial charge in [-0.2, -0.15) is 0 Å². The maximum atomic E-state index is 3.50. The van der Waals surface area contributed by atoms with Gasteiger partial charge in [-0.25, -0.2) is 0 Å². The van der Waals surface area contributed by atoms with Crippen LogP contribution < -0.4 is 5.32 Å². The molecule has 2 unspecified atom stereocenters. The fraction of sp³-hybridized carbons (Fsp3) is 0.765. The Bertz CT molecular complexity index is 399. The first-order valence-corrected chi connectivity index (χ1v) is 8.89. The second kappa shape index (κ2) is 7.58. The lowest BCUT2D eigenvalue weighted by Gasteiger charge is -2.36. The second-order valence-corrected chi connectivity index (χ2v) is 7.90. The summed E-state index contributed by atoms with van der Waals surface area (Å²) < 4.78 is 0. The first kappa shape index (κ1) is 16.0. The molecule has 20 heavy (non-hydrogen) atoms. The molecule has 3 heteroatoms. The average Bonchev–Trinajstić information content (AvgIpc) is 2.84. The Morgan fingerprint density at radius 1 is 1.25 bits per heavy atom. The van der Waals surface area contributed by atoms with Gasteiger partial charge in [-0.1, -0.05) is 33.6 Å². The van der Waals surface area contributed by atoms with E-state index in [9.17, 15) is 0 Å². The Morgan fingerprint density at radius 2 is 1.95 bits per heavy atom. The van der Waals surface area contributed by atoms with Gasteiger partial charge in [0.25, 0.3) is 0 Å².